The number of anilines is 3. The second kappa shape index (κ2) is 12.4. The van der Waals surface area contributed by atoms with Crippen molar-refractivity contribution in [3.63, 3.8) is 0 Å². The molecule has 0 amide bonds. The quantitative estimate of drug-likeness (QED) is 0.177. The van der Waals surface area contributed by atoms with E-state index in [1.165, 1.54) is 44.5 Å². The van der Waals surface area contributed by atoms with Gasteiger partial charge < -0.3 is 18.2 Å². The summed E-state index contributed by atoms with van der Waals surface area (Å²) in [7, 11) is 0. The molecule has 9 aromatic carbocycles. The van der Waals surface area contributed by atoms with Crippen molar-refractivity contribution in [3.8, 4) is 33.4 Å². The van der Waals surface area contributed by atoms with Gasteiger partial charge in [0.15, 0.2) is 0 Å². The van der Waals surface area contributed by atoms with Crippen LogP contribution in [0.3, 0.4) is 0 Å². The van der Waals surface area contributed by atoms with E-state index in [4.69, 9.17) is 13.3 Å². The minimum absolute atomic E-state index is 0.195. The van der Waals surface area contributed by atoms with Gasteiger partial charge in [0.05, 0.1) is 11.3 Å². The molecular formula is C60H41NO3. The van der Waals surface area contributed by atoms with Crippen molar-refractivity contribution < 1.29 is 13.3 Å². The monoisotopic (exact) mass is 823 g/mol. The third-order valence-electron chi connectivity index (χ3n) is 14.7. The first-order chi connectivity index (χ1) is 31.3. The predicted octanol–water partition coefficient (Wildman–Crippen LogP) is 17.1. The van der Waals surface area contributed by atoms with Crippen molar-refractivity contribution >= 4 is 82.9 Å². The van der Waals surface area contributed by atoms with Crippen LogP contribution in [0.15, 0.2) is 189 Å². The molecular weight excluding hydrogens is 783 g/mol. The molecule has 0 bridgehead atoms. The molecule has 3 aromatic heterocycles. The van der Waals surface area contributed by atoms with Crippen LogP contribution in [0.25, 0.3) is 99.2 Å². The van der Waals surface area contributed by atoms with Crippen LogP contribution in [0.1, 0.15) is 49.9 Å². The average molecular weight is 824 g/mol. The third kappa shape index (κ3) is 4.62. The molecule has 0 saturated heterocycles. The van der Waals surface area contributed by atoms with E-state index in [0.717, 1.165) is 94.0 Å². The van der Waals surface area contributed by atoms with Gasteiger partial charge in [-0.05, 0) is 105 Å². The van der Waals surface area contributed by atoms with Gasteiger partial charge in [-0.25, -0.2) is 0 Å². The Morgan fingerprint density at radius 2 is 0.844 bits per heavy atom. The number of para-hydroxylation sites is 3. The highest BCUT2D eigenvalue weighted by atomic mass is 16.3. The Balaban J connectivity index is 1.11. The fourth-order valence-electron chi connectivity index (χ4n) is 11.6. The highest BCUT2D eigenvalue weighted by molar-refractivity contribution is 6.28. The van der Waals surface area contributed by atoms with Crippen molar-refractivity contribution in [2.75, 3.05) is 4.90 Å². The second-order valence-electron chi connectivity index (χ2n) is 18.8. The van der Waals surface area contributed by atoms with Gasteiger partial charge in [0, 0.05) is 60.1 Å². The predicted molar refractivity (Wildman–Crippen MR) is 264 cm³/mol. The van der Waals surface area contributed by atoms with E-state index in [-0.39, 0.29) is 10.8 Å². The summed E-state index contributed by atoms with van der Waals surface area (Å²) in [5.41, 5.74) is 20.2. The molecule has 2 aliphatic carbocycles. The molecule has 3 heterocycles. The molecule has 12 aromatic rings. The van der Waals surface area contributed by atoms with Gasteiger partial charge in [-0.2, -0.15) is 0 Å². The Labute approximate surface area is 369 Å². The molecule has 0 spiro atoms. The lowest BCUT2D eigenvalue weighted by Gasteiger charge is -2.31. The third-order valence-corrected chi connectivity index (χ3v) is 14.7. The van der Waals surface area contributed by atoms with E-state index in [0.29, 0.717) is 0 Å². The van der Waals surface area contributed by atoms with Crippen LogP contribution in [0.4, 0.5) is 17.1 Å². The number of furan rings is 3. The first kappa shape index (κ1) is 35.7. The summed E-state index contributed by atoms with van der Waals surface area (Å²) in [5.74, 6) is 0. The lowest BCUT2D eigenvalue weighted by molar-refractivity contribution is 0.660. The molecule has 0 N–H and O–H groups in total. The van der Waals surface area contributed by atoms with E-state index in [1.54, 1.807) is 0 Å². The summed E-state index contributed by atoms with van der Waals surface area (Å²) in [6, 6.07) is 63.7. The van der Waals surface area contributed by atoms with Crippen molar-refractivity contribution in [1.82, 2.24) is 0 Å². The number of benzene rings is 9. The van der Waals surface area contributed by atoms with Gasteiger partial charge in [0.25, 0.3) is 0 Å². The van der Waals surface area contributed by atoms with Crippen molar-refractivity contribution in [1.29, 1.82) is 0 Å². The van der Waals surface area contributed by atoms with Crippen molar-refractivity contribution in [3.05, 3.63) is 198 Å². The Hall–Kier alpha value is -7.82. The average Bonchev–Trinajstić information content (AvgIpc) is 4.11. The summed E-state index contributed by atoms with van der Waals surface area (Å²) >= 11 is 0. The van der Waals surface area contributed by atoms with E-state index in [9.17, 15) is 0 Å². The molecule has 64 heavy (non-hydrogen) atoms. The molecule has 4 nitrogen and oxygen atoms in total. The number of hydrogen-bond acceptors (Lipinski definition) is 4. The molecule has 0 unspecified atom stereocenters. The van der Waals surface area contributed by atoms with Crippen LogP contribution in [0, 0.1) is 0 Å². The van der Waals surface area contributed by atoms with E-state index in [2.05, 4.69) is 184 Å². The molecule has 0 saturated carbocycles. The zero-order chi connectivity index (χ0) is 42.6. The minimum Gasteiger partial charge on any atom is -0.456 e. The summed E-state index contributed by atoms with van der Waals surface area (Å²) in [5, 5.41) is 6.35. The van der Waals surface area contributed by atoms with E-state index >= 15 is 0 Å². The minimum atomic E-state index is -0.195. The smallest absolute Gasteiger partial charge is 0.145 e. The number of rotatable bonds is 4. The maximum absolute atomic E-state index is 7.24. The van der Waals surface area contributed by atoms with Crippen LogP contribution in [0.2, 0.25) is 0 Å². The van der Waals surface area contributed by atoms with Crippen molar-refractivity contribution in [2.45, 2.75) is 38.5 Å². The van der Waals surface area contributed by atoms with Crippen molar-refractivity contribution in [2.24, 2.45) is 0 Å². The maximum Gasteiger partial charge on any atom is 0.145 e. The maximum atomic E-state index is 7.24. The van der Waals surface area contributed by atoms with Crippen LogP contribution in [-0.4, -0.2) is 0 Å². The SMILES string of the molecule is CC1(C)c2ccccc2-c2ccc(N(c3ccc4c(c3)C(C)(C)c3ccccc3-4)c3ccc4c(oc5ccc6oc7ccccc7c6c54)c3-c3cccc4c3oc3ccccc34)cc21. The van der Waals surface area contributed by atoms with Gasteiger partial charge in [-0.15, -0.1) is 0 Å². The summed E-state index contributed by atoms with van der Waals surface area (Å²) in [6.07, 6.45) is 0. The lowest BCUT2D eigenvalue weighted by Crippen LogP contribution is -2.18. The number of nitrogens with zero attached hydrogens (tertiary/aromatic N) is 1. The van der Waals surface area contributed by atoms with E-state index in [1.807, 2.05) is 24.3 Å². The topological polar surface area (TPSA) is 42.7 Å². The fraction of sp³-hybridized carbons (Fsp3) is 0.100. The molecule has 0 aliphatic heterocycles. The molecule has 2 aliphatic rings. The molecule has 0 radical (unpaired) electrons. The Bertz CT molecular complexity index is 3880. The van der Waals surface area contributed by atoms with Gasteiger partial charge >= 0.3 is 0 Å². The second-order valence-corrected chi connectivity index (χ2v) is 18.8. The Morgan fingerprint density at radius 3 is 1.52 bits per heavy atom. The molecule has 0 atom stereocenters. The van der Waals surface area contributed by atoms with Gasteiger partial charge in [0.1, 0.15) is 33.5 Å². The van der Waals surface area contributed by atoms with Crippen LogP contribution >= 0.6 is 0 Å². The summed E-state index contributed by atoms with van der Waals surface area (Å²) in [4.78, 5) is 2.46. The molecule has 14 rings (SSSR count). The number of fused-ring (bicyclic) bond motifs is 16. The summed E-state index contributed by atoms with van der Waals surface area (Å²) < 4.78 is 20.6. The largest absolute Gasteiger partial charge is 0.456 e. The fourth-order valence-corrected chi connectivity index (χ4v) is 11.6. The zero-order valence-electron chi connectivity index (χ0n) is 35.9. The molecule has 304 valence electrons. The highest BCUT2D eigenvalue weighted by Gasteiger charge is 2.38. The Kier molecular flexibility index (Phi) is 6.94. The molecule has 0 fully saturated rings. The number of hydrogen-bond donors (Lipinski definition) is 0. The van der Waals surface area contributed by atoms with Gasteiger partial charge in [-0.1, -0.05) is 143 Å². The Morgan fingerprint density at radius 1 is 0.344 bits per heavy atom. The normalized spacial score (nSPS) is 14.5. The zero-order valence-corrected chi connectivity index (χ0v) is 35.9. The lowest BCUT2D eigenvalue weighted by atomic mass is 9.82. The molecule has 4 heteroatoms. The van der Waals surface area contributed by atoms with Gasteiger partial charge in [-0.3, -0.25) is 0 Å². The first-order valence-corrected chi connectivity index (χ1v) is 22.2. The standard InChI is InChI=1S/C60H41NO3/c1-59(2)45-20-9-5-14-36(45)38-26-24-34(32-47(38)59)61(35-25-27-39-37-15-6-10-21-46(37)60(3,4)48(39)33-35)49-29-28-44-56-53(31-30-52-55(56)42-17-8-12-23-51(42)62-52)64-58(44)54(49)43-19-13-18-41-40-16-7-11-22-50(40)63-57(41)43/h5-33H,1-4H3. The first-order valence-electron chi connectivity index (χ1n) is 22.2. The summed E-state index contributed by atoms with van der Waals surface area (Å²) in [6.45, 7) is 9.43. The van der Waals surface area contributed by atoms with Crippen LogP contribution < -0.4 is 4.90 Å². The van der Waals surface area contributed by atoms with Crippen LogP contribution in [-0.2, 0) is 10.8 Å². The van der Waals surface area contributed by atoms with Gasteiger partial charge in [0.2, 0.25) is 0 Å². The highest BCUT2D eigenvalue weighted by Crippen LogP contribution is 2.56. The van der Waals surface area contributed by atoms with Crippen LogP contribution in [0.5, 0.6) is 0 Å². The van der Waals surface area contributed by atoms with E-state index < -0.39 is 0 Å².